The largest absolute Gasteiger partial charge is 0.481 e. The van der Waals surface area contributed by atoms with Gasteiger partial charge in [0.15, 0.2) is 0 Å². The number of methoxy groups -OCH3 is 1. The molecule has 0 aliphatic carbocycles. The number of piperazine rings is 1. The second-order valence-corrected chi connectivity index (χ2v) is 5.74. The van der Waals surface area contributed by atoms with Crippen LogP contribution >= 0.6 is 11.6 Å². The van der Waals surface area contributed by atoms with Gasteiger partial charge in [-0.2, -0.15) is 0 Å². The molecule has 0 spiro atoms. The third kappa shape index (κ3) is 3.67. The summed E-state index contributed by atoms with van der Waals surface area (Å²) in [5, 5.41) is 0.784. The topological polar surface area (TPSA) is 41.5 Å². The molecule has 0 bridgehead atoms. The fraction of sp³-hybridized carbons (Fsp3) is 0.375. The van der Waals surface area contributed by atoms with Crippen molar-refractivity contribution in [3.05, 3.63) is 47.2 Å². The molecule has 6 heteroatoms. The number of aromatic nitrogens is 2. The first kappa shape index (κ1) is 15.1. The molecule has 2 aromatic rings. The van der Waals surface area contributed by atoms with Gasteiger partial charge >= 0.3 is 0 Å². The molecule has 0 atom stereocenters. The number of nitrogens with zero attached hydrogens (tertiary/aromatic N) is 4. The number of hydrogen-bond donors (Lipinski definition) is 0. The van der Waals surface area contributed by atoms with E-state index < -0.39 is 0 Å². The minimum absolute atomic E-state index is 0.605. The van der Waals surface area contributed by atoms with E-state index in [1.807, 2.05) is 18.2 Å². The smallest absolute Gasteiger partial charge is 0.218 e. The highest BCUT2D eigenvalue weighted by molar-refractivity contribution is 6.30. The van der Waals surface area contributed by atoms with Gasteiger partial charge in [-0.15, -0.1) is 0 Å². The lowest BCUT2D eigenvalue weighted by Gasteiger charge is -2.35. The van der Waals surface area contributed by atoms with Crippen LogP contribution in [0, 0.1) is 0 Å². The number of rotatable bonds is 4. The maximum Gasteiger partial charge on any atom is 0.218 e. The second-order valence-electron chi connectivity index (χ2n) is 5.31. The van der Waals surface area contributed by atoms with Crippen LogP contribution in [0.3, 0.4) is 0 Å². The van der Waals surface area contributed by atoms with E-state index in [2.05, 4.69) is 31.9 Å². The first-order valence-corrected chi connectivity index (χ1v) is 7.70. The summed E-state index contributed by atoms with van der Waals surface area (Å²) in [5.41, 5.74) is 1.29. The number of anilines is 1. The van der Waals surface area contributed by atoms with Crippen LogP contribution in [0.25, 0.3) is 0 Å². The van der Waals surface area contributed by atoms with Crippen molar-refractivity contribution in [3.8, 4) is 5.88 Å². The van der Waals surface area contributed by atoms with Gasteiger partial charge < -0.3 is 9.64 Å². The molecule has 1 aliphatic heterocycles. The minimum atomic E-state index is 0.605. The zero-order valence-electron chi connectivity index (χ0n) is 12.6. The van der Waals surface area contributed by atoms with Crippen LogP contribution in [0.5, 0.6) is 5.88 Å². The molecule has 116 valence electrons. The molecule has 2 heterocycles. The van der Waals surface area contributed by atoms with Crippen LogP contribution in [-0.4, -0.2) is 48.2 Å². The molecule has 0 amide bonds. The molecule has 1 aliphatic rings. The van der Waals surface area contributed by atoms with E-state index in [9.17, 15) is 0 Å². The van der Waals surface area contributed by atoms with Crippen LogP contribution in [0.2, 0.25) is 5.02 Å². The normalized spacial score (nSPS) is 15.8. The molecule has 3 rings (SSSR count). The van der Waals surface area contributed by atoms with Gasteiger partial charge in [-0.1, -0.05) is 23.7 Å². The van der Waals surface area contributed by atoms with Crippen molar-refractivity contribution in [1.82, 2.24) is 14.9 Å². The summed E-state index contributed by atoms with van der Waals surface area (Å²) in [4.78, 5) is 13.1. The first-order valence-electron chi connectivity index (χ1n) is 7.32. The first-order chi connectivity index (χ1) is 10.7. The molecule has 22 heavy (non-hydrogen) atoms. The zero-order chi connectivity index (χ0) is 15.4. The third-order valence-electron chi connectivity index (χ3n) is 3.85. The highest BCUT2D eigenvalue weighted by atomic mass is 35.5. The van der Waals surface area contributed by atoms with E-state index >= 15 is 0 Å². The summed E-state index contributed by atoms with van der Waals surface area (Å²) in [6.07, 6.45) is 1.55. The maximum atomic E-state index is 5.92. The Morgan fingerprint density at radius 2 is 1.82 bits per heavy atom. The number of hydrogen-bond acceptors (Lipinski definition) is 5. The van der Waals surface area contributed by atoms with E-state index in [1.165, 1.54) is 5.56 Å². The number of halogens is 1. The van der Waals surface area contributed by atoms with Gasteiger partial charge in [0.1, 0.15) is 12.1 Å². The van der Waals surface area contributed by atoms with Crippen molar-refractivity contribution >= 4 is 17.4 Å². The van der Waals surface area contributed by atoms with Crippen LogP contribution < -0.4 is 9.64 Å². The Morgan fingerprint density at radius 1 is 1.09 bits per heavy atom. The average Bonchev–Trinajstić information content (AvgIpc) is 2.58. The molecule has 5 nitrogen and oxygen atoms in total. The van der Waals surface area contributed by atoms with Gasteiger partial charge in [-0.05, 0) is 17.7 Å². The summed E-state index contributed by atoms with van der Waals surface area (Å²) in [6, 6.07) is 9.95. The highest BCUT2D eigenvalue weighted by Crippen LogP contribution is 2.18. The fourth-order valence-electron chi connectivity index (χ4n) is 2.60. The Labute approximate surface area is 135 Å². The van der Waals surface area contributed by atoms with E-state index in [1.54, 1.807) is 13.4 Å². The predicted octanol–water partition coefficient (Wildman–Crippen LogP) is 2.46. The summed E-state index contributed by atoms with van der Waals surface area (Å²) in [7, 11) is 1.62. The molecular weight excluding hydrogens is 300 g/mol. The second kappa shape index (κ2) is 6.94. The zero-order valence-corrected chi connectivity index (χ0v) is 13.3. The Balaban J connectivity index is 1.56. The Hall–Kier alpha value is -1.85. The summed E-state index contributed by atoms with van der Waals surface area (Å²) in [5.74, 6) is 1.53. The standard InChI is InChI=1S/C16H19ClN4O/c1-22-16-10-15(18-12-19-16)21-8-6-20(7-9-21)11-13-2-4-14(17)5-3-13/h2-5,10,12H,6-9,11H2,1H3. The number of ether oxygens (including phenoxy) is 1. The van der Waals surface area contributed by atoms with Crippen molar-refractivity contribution in [2.75, 3.05) is 38.2 Å². The Kier molecular flexibility index (Phi) is 4.75. The van der Waals surface area contributed by atoms with Crippen LogP contribution in [0.4, 0.5) is 5.82 Å². The summed E-state index contributed by atoms with van der Waals surface area (Å²) < 4.78 is 5.16. The third-order valence-corrected chi connectivity index (χ3v) is 4.10. The molecule has 1 aromatic carbocycles. The van der Waals surface area contributed by atoms with Crippen molar-refractivity contribution in [3.63, 3.8) is 0 Å². The van der Waals surface area contributed by atoms with Gasteiger partial charge in [-0.3, -0.25) is 4.90 Å². The van der Waals surface area contributed by atoms with Crippen molar-refractivity contribution < 1.29 is 4.74 Å². The van der Waals surface area contributed by atoms with Crippen molar-refractivity contribution in [1.29, 1.82) is 0 Å². The summed E-state index contributed by atoms with van der Waals surface area (Å²) >= 11 is 5.92. The molecule has 0 unspecified atom stereocenters. The van der Waals surface area contributed by atoms with Crippen molar-refractivity contribution in [2.24, 2.45) is 0 Å². The Morgan fingerprint density at radius 3 is 2.50 bits per heavy atom. The van der Waals surface area contributed by atoms with Gasteiger partial charge in [-0.25, -0.2) is 9.97 Å². The van der Waals surface area contributed by atoms with Crippen LogP contribution in [0.1, 0.15) is 5.56 Å². The van der Waals surface area contributed by atoms with Crippen molar-refractivity contribution in [2.45, 2.75) is 6.54 Å². The maximum absolute atomic E-state index is 5.92. The lowest BCUT2D eigenvalue weighted by atomic mass is 10.2. The molecule has 1 saturated heterocycles. The number of benzene rings is 1. The SMILES string of the molecule is COc1cc(N2CCN(Cc3ccc(Cl)cc3)CC2)ncn1. The van der Waals surface area contributed by atoms with Gasteiger partial charge in [0, 0.05) is 43.8 Å². The molecule has 0 radical (unpaired) electrons. The monoisotopic (exact) mass is 318 g/mol. The lowest BCUT2D eigenvalue weighted by molar-refractivity contribution is 0.249. The quantitative estimate of drug-likeness (QED) is 0.866. The fourth-order valence-corrected chi connectivity index (χ4v) is 2.72. The van der Waals surface area contributed by atoms with Gasteiger partial charge in [0.05, 0.1) is 7.11 Å². The Bertz CT molecular complexity index is 612. The molecule has 0 N–H and O–H groups in total. The molecule has 1 fully saturated rings. The van der Waals surface area contributed by atoms with Crippen LogP contribution in [-0.2, 0) is 6.54 Å². The van der Waals surface area contributed by atoms with Gasteiger partial charge in [0.2, 0.25) is 5.88 Å². The lowest BCUT2D eigenvalue weighted by Crippen LogP contribution is -2.46. The van der Waals surface area contributed by atoms with Gasteiger partial charge in [0.25, 0.3) is 0 Å². The van der Waals surface area contributed by atoms with E-state index in [4.69, 9.17) is 16.3 Å². The molecule has 0 saturated carbocycles. The molecule has 1 aromatic heterocycles. The van der Waals surface area contributed by atoms with E-state index in [0.29, 0.717) is 5.88 Å². The van der Waals surface area contributed by atoms with E-state index in [-0.39, 0.29) is 0 Å². The highest BCUT2D eigenvalue weighted by Gasteiger charge is 2.18. The summed E-state index contributed by atoms with van der Waals surface area (Å²) in [6.45, 7) is 4.88. The van der Waals surface area contributed by atoms with Crippen LogP contribution in [0.15, 0.2) is 36.7 Å². The van der Waals surface area contributed by atoms with E-state index in [0.717, 1.165) is 43.6 Å². The predicted molar refractivity (Wildman–Crippen MR) is 87.5 cm³/mol. The minimum Gasteiger partial charge on any atom is -0.481 e. The average molecular weight is 319 g/mol. The molecular formula is C16H19ClN4O.